The standard InChI is InChI=1S/C16H18N2O3S/c1-10-5-15(19)17-14-4-3-12(6-13(10)14)22(20,21)18-8-11-7-16(11,2)9-18/h3-6,11H,7-9H2,1-2H3,(H,17,19). The lowest BCUT2D eigenvalue weighted by Gasteiger charge is -2.19. The maximum absolute atomic E-state index is 12.8. The molecule has 2 unspecified atom stereocenters. The number of nitrogens with one attached hydrogen (secondary N) is 1. The van der Waals surface area contributed by atoms with E-state index in [4.69, 9.17) is 0 Å². The van der Waals surface area contributed by atoms with Crippen molar-refractivity contribution in [1.82, 2.24) is 9.29 Å². The van der Waals surface area contributed by atoms with Crippen LogP contribution in [0.4, 0.5) is 0 Å². The molecule has 2 aromatic rings. The number of H-pyrrole nitrogens is 1. The van der Waals surface area contributed by atoms with Crippen LogP contribution in [0.2, 0.25) is 0 Å². The van der Waals surface area contributed by atoms with Crippen LogP contribution < -0.4 is 5.56 Å². The second-order valence-electron chi connectivity index (χ2n) is 6.88. The summed E-state index contributed by atoms with van der Waals surface area (Å²) in [5.41, 5.74) is 1.46. The number of sulfonamides is 1. The molecule has 2 fully saturated rings. The van der Waals surface area contributed by atoms with Gasteiger partial charge in [0.1, 0.15) is 0 Å². The summed E-state index contributed by atoms with van der Waals surface area (Å²) in [5, 5.41) is 0.774. The second-order valence-corrected chi connectivity index (χ2v) is 8.81. The zero-order valence-corrected chi connectivity index (χ0v) is 13.4. The zero-order valence-electron chi connectivity index (χ0n) is 12.6. The number of aromatic nitrogens is 1. The Morgan fingerprint density at radius 3 is 2.77 bits per heavy atom. The molecule has 4 rings (SSSR count). The van der Waals surface area contributed by atoms with Crippen LogP contribution in [0.5, 0.6) is 0 Å². The Morgan fingerprint density at radius 1 is 1.32 bits per heavy atom. The van der Waals surface area contributed by atoms with Crippen LogP contribution >= 0.6 is 0 Å². The van der Waals surface area contributed by atoms with Crippen LogP contribution in [-0.4, -0.2) is 30.8 Å². The predicted octanol–water partition coefficient (Wildman–Crippen LogP) is 1.87. The number of fused-ring (bicyclic) bond motifs is 2. The summed E-state index contributed by atoms with van der Waals surface area (Å²) in [6.45, 7) is 5.21. The molecule has 1 aliphatic carbocycles. The molecule has 2 atom stereocenters. The van der Waals surface area contributed by atoms with E-state index in [9.17, 15) is 13.2 Å². The van der Waals surface area contributed by atoms with Crippen molar-refractivity contribution in [2.75, 3.05) is 13.1 Å². The van der Waals surface area contributed by atoms with Crippen molar-refractivity contribution < 1.29 is 8.42 Å². The van der Waals surface area contributed by atoms with E-state index in [0.29, 0.717) is 29.4 Å². The van der Waals surface area contributed by atoms with Gasteiger partial charge in [0.2, 0.25) is 15.6 Å². The second kappa shape index (κ2) is 4.20. The summed E-state index contributed by atoms with van der Waals surface area (Å²) >= 11 is 0. The fourth-order valence-electron chi connectivity index (χ4n) is 3.59. The molecule has 0 amide bonds. The van der Waals surface area contributed by atoms with E-state index in [1.54, 1.807) is 22.5 Å². The number of piperidine rings is 1. The van der Waals surface area contributed by atoms with Gasteiger partial charge in [0.25, 0.3) is 0 Å². The van der Waals surface area contributed by atoms with Gasteiger partial charge in [-0.2, -0.15) is 4.31 Å². The summed E-state index contributed by atoms with van der Waals surface area (Å²) < 4.78 is 27.2. The van der Waals surface area contributed by atoms with Crippen LogP contribution in [0, 0.1) is 18.3 Å². The van der Waals surface area contributed by atoms with E-state index >= 15 is 0 Å². The minimum Gasteiger partial charge on any atom is -0.322 e. The Kier molecular flexibility index (Phi) is 2.67. The summed E-state index contributed by atoms with van der Waals surface area (Å²) in [5.74, 6) is 0.515. The number of pyridine rings is 1. The molecular weight excluding hydrogens is 300 g/mol. The average molecular weight is 318 g/mol. The highest BCUT2D eigenvalue weighted by atomic mass is 32.2. The van der Waals surface area contributed by atoms with Gasteiger partial charge in [-0.1, -0.05) is 6.92 Å². The molecule has 1 saturated heterocycles. The van der Waals surface area contributed by atoms with Crippen molar-refractivity contribution in [3.05, 3.63) is 40.2 Å². The predicted molar refractivity (Wildman–Crippen MR) is 84.3 cm³/mol. The monoisotopic (exact) mass is 318 g/mol. The van der Waals surface area contributed by atoms with E-state index in [1.807, 2.05) is 6.92 Å². The van der Waals surface area contributed by atoms with Crippen LogP contribution in [0.3, 0.4) is 0 Å². The van der Waals surface area contributed by atoms with E-state index < -0.39 is 10.0 Å². The first kappa shape index (κ1) is 14.0. The number of hydrogen-bond acceptors (Lipinski definition) is 3. The third-order valence-corrected chi connectivity index (χ3v) is 6.97. The molecule has 2 heterocycles. The van der Waals surface area contributed by atoms with Crippen LogP contribution in [0.15, 0.2) is 34.0 Å². The van der Waals surface area contributed by atoms with E-state index in [1.165, 1.54) is 6.07 Å². The Morgan fingerprint density at radius 2 is 2.09 bits per heavy atom. The quantitative estimate of drug-likeness (QED) is 0.919. The maximum atomic E-state index is 12.8. The number of hydrogen-bond donors (Lipinski definition) is 1. The van der Waals surface area contributed by atoms with Crippen molar-refractivity contribution in [2.45, 2.75) is 25.2 Å². The molecule has 0 bridgehead atoms. The average Bonchev–Trinajstić information content (AvgIpc) is 2.95. The van der Waals surface area contributed by atoms with Crippen molar-refractivity contribution >= 4 is 20.9 Å². The molecular formula is C16H18N2O3S. The van der Waals surface area contributed by atoms with Gasteiger partial charge in [-0.15, -0.1) is 0 Å². The highest BCUT2D eigenvalue weighted by molar-refractivity contribution is 7.89. The molecule has 1 aromatic heterocycles. The minimum absolute atomic E-state index is 0.173. The Labute approximate surface area is 129 Å². The van der Waals surface area contributed by atoms with Gasteiger partial charge in [-0.25, -0.2) is 8.42 Å². The van der Waals surface area contributed by atoms with E-state index in [-0.39, 0.29) is 11.0 Å². The third-order valence-electron chi connectivity index (χ3n) is 5.16. The first-order valence-electron chi connectivity index (χ1n) is 7.43. The van der Waals surface area contributed by atoms with Crippen molar-refractivity contribution in [2.24, 2.45) is 11.3 Å². The zero-order chi connectivity index (χ0) is 15.7. The van der Waals surface area contributed by atoms with Gasteiger partial charge >= 0.3 is 0 Å². The van der Waals surface area contributed by atoms with Gasteiger partial charge in [0.05, 0.1) is 4.90 Å². The lowest BCUT2D eigenvalue weighted by Crippen LogP contribution is -2.31. The highest BCUT2D eigenvalue weighted by Gasteiger charge is 2.58. The largest absolute Gasteiger partial charge is 0.322 e. The van der Waals surface area contributed by atoms with Crippen molar-refractivity contribution in [1.29, 1.82) is 0 Å². The van der Waals surface area contributed by atoms with Gasteiger partial charge in [0.15, 0.2) is 0 Å². The number of nitrogens with zero attached hydrogens (tertiary/aromatic N) is 1. The van der Waals surface area contributed by atoms with E-state index in [2.05, 4.69) is 11.9 Å². The molecule has 1 aromatic carbocycles. The highest BCUT2D eigenvalue weighted by Crippen LogP contribution is 2.58. The lowest BCUT2D eigenvalue weighted by molar-refractivity contribution is 0.414. The normalized spacial score (nSPS) is 28.0. The molecule has 2 aliphatic rings. The Bertz CT molecular complexity index is 948. The molecule has 116 valence electrons. The van der Waals surface area contributed by atoms with Crippen LogP contribution in [0.25, 0.3) is 10.9 Å². The fourth-order valence-corrected chi connectivity index (χ4v) is 5.24. The third kappa shape index (κ3) is 1.94. The molecule has 0 radical (unpaired) electrons. The topological polar surface area (TPSA) is 70.2 Å². The molecule has 1 saturated carbocycles. The van der Waals surface area contributed by atoms with Crippen LogP contribution in [-0.2, 0) is 10.0 Å². The molecule has 6 heteroatoms. The molecule has 1 aliphatic heterocycles. The summed E-state index contributed by atoms with van der Waals surface area (Å²) in [6.07, 6.45) is 1.14. The molecule has 0 spiro atoms. The Balaban J connectivity index is 1.79. The number of aryl methyl sites for hydroxylation is 1. The fraction of sp³-hybridized carbons (Fsp3) is 0.438. The smallest absolute Gasteiger partial charge is 0.248 e. The lowest BCUT2D eigenvalue weighted by atomic mass is 10.1. The number of aromatic amines is 1. The number of rotatable bonds is 2. The SMILES string of the molecule is Cc1cc(=O)[nH]c2ccc(S(=O)(=O)N3CC4CC4(C)C3)cc12. The first-order chi connectivity index (χ1) is 10.3. The van der Waals surface area contributed by atoms with E-state index in [0.717, 1.165) is 17.4 Å². The van der Waals surface area contributed by atoms with Gasteiger partial charge in [-0.3, -0.25) is 4.79 Å². The van der Waals surface area contributed by atoms with Crippen molar-refractivity contribution in [3.8, 4) is 0 Å². The maximum Gasteiger partial charge on any atom is 0.248 e. The summed E-state index contributed by atoms with van der Waals surface area (Å²) in [4.78, 5) is 14.5. The first-order valence-corrected chi connectivity index (χ1v) is 8.87. The van der Waals surface area contributed by atoms with Crippen molar-refractivity contribution in [3.63, 3.8) is 0 Å². The summed E-state index contributed by atoms with van der Waals surface area (Å²) in [7, 11) is -3.46. The molecule has 1 N–H and O–H groups in total. The van der Waals surface area contributed by atoms with Gasteiger partial charge in [-0.05, 0) is 48.4 Å². The summed E-state index contributed by atoms with van der Waals surface area (Å²) in [6, 6.07) is 6.42. The Hall–Kier alpha value is -1.66. The minimum atomic E-state index is -3.46. The molecule has 5 nitrogen and oxygen atoms in total. The number of benzene rings is 1. The van der Waals surface area contributed by atoms with Gasteiger partial charge < -0.3 is 4.98 Å². The molecule has 22 heavy (non-hydrogen) atoms. The van der Waals surface area contributed by atoms with Gasteiger partial charge in [0, 0.05) is 30.1 Å². The van der Waals surface area contributed by atoms with Crippen LogP contribution in [0.1, 0.15) is 18.9 Å².